The molecule has 6 nitrogen and oxygen atoms in total. The normalized spacial score (nSPS) is 18.9. The number of amides is 1. The highest BCUT2D eigenvalue weighted by atomic mass is 32.2. The number of thioether (sulfide) groups is 1. The molecule has 1 unspecified atom stereocenters. The minimum absolute atomic E-state index is 0.00934. The summed E-state index contributed by atoms with van der Waals surface area (Å²) in [5.41, 5.74) is 4.52. The van der Waals surface area contributed by atoms with Gasteiger partial charge in [0.1, 0.15) is 18.1 Å². The van der Waals surface area contributed by atoms with Crippen molar-refractivity contribution < 1.29 is 24.2 Å². The largest absolute Gasteiger partial charge is 0.480 e. The van der Waals surface area contributed by atoms with E-state index in [1.54, 1.807) is 0 Å². The minimum atomic E-state index is -1.08. The van der Waals surface area contributed by atoms with E-state index in [0.717, 1.165) is 41.5 Å². The number of carbonyl (C=O) groups is 2. The molecule has 1 amide bonds. The predicted molar refractivity (Wildman–Crippen MR) is 116 cm³/mol. The summed E-state index contributed by atoms with van der Waals surface area (Å²) in [7, 11) is 0. The lowest BCUT2D eigenvalue weighted by molar-refractivity contribution is -0.138. The highest BCUT2D eigenvalue weighted by Crippen LogP contribution is 2.44. The van der Waals surface area contributed by atoms with Crippen molar-refractivity contribution in [3.63, 3.8) is 0 Å². The highest BCUT2D eigenvalue weighted by Gasteiger charge is 2.30. The van der Waals surface area contributed by atoms with E-state index in [-0.39, 0.29) is 23.7 Å². The summed E-state index contributed by atoms with van der Waals surface area (Å²) in [4.78, 5) is 23.9. The van der Waals surface area contributed by atoms with Gasteiger partial charge in [-0.15, -0.1) is 11.8 Å². The van der Waals surface area contributed by atoms with E-state index in [0.29, 0.717) is 6.61 Å². The summed E-state index contributed by atoms with van der Waals surface area (Å²) in [6, 6.07) is 15.2. The fourth-order valence-electron chi connectivity index (χ4n) is 4.00. The Bertz CT molecular complexity index is 866. The first-order chi connectivity index (χ1) is 14.6. The maximum absolute atomic E-state index is 12.4. The lowest BCUT2D eigenvalue weighted by Gasteiger charge is -2.23. The van der Waals surface area contributed by atoms with Gasteiger partial charge in [-0.1, -0.05) is 48.5 Å². The summed E-state index contributed by atoms with van der Waals surface area (Å²) in [5, 5.41) is 12.0. The van der Waals surface area contributed by atoms with E-state index in [1.807, 2.05) is 36.4 Å². The van der Waals surface area contributed by atoms with Crippen molar-refractivity contribution in [2.45, 2.75) is 36.7 Å². The highest BCUT2D eigenvalue weighted by molar-refractivity contribution is 7.99. The van der Waals surface area contributed by atoms with Crippen molar-refractivity contribution >= 4 is 23.8 Å². The second-order valence-electron chi connectivity index (χ2n) is 7.49. The van der Waals surface area contributed by atoms with Crippen LogP contribution in [0.25, 0.3) is 11.1 Å². The molecule has 2 N–H and O–H groups in total. The summed E-state index contributed by atoms with van der Waals surface area (Å²) < 4.78 is 11.1. The smallest absolute Gasteiger partial charge is 0.407 e. The van der Waals surface area contributed by atoms with Crippen molar-refractivity contribution in [1.82, 2.24) is 5.32 Å². The summed E-state index contributed by atoms with van der Waals surface area (Å²) >= 11 is 1.43. The molecule has 1 aliphatic heterocycles. The second-order valence-corrected chi connectivity index (χ2v) is 8.68. The maximum Gasteiger partial charge on any atom is 0.407 e. The number of carbonyl (C=O) groups excluding carboxylic acids is 1. The van der Waals surface area contributed by atoms with Crippen molar-refractivity contribution in [2.75, 3.05) is 19.0 Å². The molecule has 0 radical (unpaired) electrons. The molecule has 7 heteroatoms. The molecular weight excluding hydrogens is 402 g/mol. The van der Waals surface area contributed by atoms with Crippen molar-refractivity contribution in [1.29, 1.82) is 0 Å². The number of carboxylic acids is 1. The van der Waals surface area contributed by atoms with Crippen LogP contribution < -0.4 is 5.32 Å². The summed E-state index contributed by atoms with van der Waals surface area (Å²) in [6.45, 7) is 0.861. The van der Waals surface area contributed by atoms with Gasteiger partial charge in [0.15, 0.2) is 0 Å². The van der Waals surface area contributed by atoms with Crippen LogP contribution in [0.2, 0.25) is 0 Å². The predicted octanol–water partition coefficient (Wildman–Crippen LogP) is 4.24. The van der Waals surface area contributed by atoms with E-state index >= 15 is 0 Å². The standard InChI is InChI=1S/C23H25NO5S/c25-22(26)20(14-30-21-11-5-6-12-28-21)24-23(27)29-13-19-17-9-3-1-7-15(17)16-8-2-4-10-18(16)19/h1-4,7-10,19-21H,5-6,11-14H2,(H,24,27)(H,25,26)/t20-,21?/m0/s1. The number of benzene rings is 2. The Morgan fingerprint density at radius 2 is 1.77 bits per heavy atom. The fourth-order valence-corrected chi connectivity index (χ4v) is 5.16. The number of carboxylic acid groups (broad SMARTS) is 1. The molecule has 158 valence electrons. The number of ether oxygens (including phenoxy) is 2. The van der Waals surface area contributed by atoms with Crippen LogP contribution in [0.3, 0.4) is 0 Å². The minimum Gasteiger partial charge on any atom is -0.480 e. The van der Waals surface area contributed by atoms with Gasteiger partial charge in [0.25, 0.3) is 0 Å². The van der Waals surface area contributed by atoms with Gasteiger partial charge >= 0.3 is 12.1 Å². The zero-order valence-electron chi connectivity index (χ0n) is 16.6. The molecule has 0 aromatic heterocycles. The van der Waals surface area contributed by atoms with E-state index < -0.39 is 18.1 Å². The molecule has 2 atom stereocenters. The molecule has 0 saturated carbocycles. The number of hydrogen-bond donors (Lipinski definition) is 2. The van der Waals surface area contributed by atoms with Crippen LogP contribution in [0.5, 0.6) is 0 Å². The number of alkyl carbamates (subject to hydrolysis) is 1. The van der Waals surface area contributed by atoms with E-state index in [4.69, 9.17) is 9.47 Å². The van der Waals surface area contributed by atoms with E-state index in [1.165, 1.54) is 11.8 Å². The van der Waals surface area contributed by atoms with Gasteiger partial charge in [-0.3, -0.25) is 0 Å². The number of hydrogen-bond acceptors (Lipinski definition) is 5. The molecular formula is C23H25NO5S. The molecule has 2 aliphatic rings. The zero-order valence-corrected chi connectivity index (χ0v) is 17.4. The van der Waals surface area contributed by atoms with Crippen molar-refractivity contribution in [3.05, 3.63) is 59.7 Å². The number of aliphatic carboxylic acids is 1. The lowest BCUT2D eigenvalue weighted by Crippen LogP contribution is -2.43. The molecule has 1 aliphatic carbocycles. The third-order valence-electron chi connectivity index (χ3n) is 5.52. The third kappa shape index (κ3) is 4.63. The Kier molecular flexibility index (Phi) is 6.59. The Morgan fingerprint density at radius 1 is 1.10 bits per heavy atom. The number of rotatable bonds is 7. The van der Waals surface area contributed by atoms with Gasteiger partial charge < -0.3 is 19.9 Å². The zero-order chi connectivity index (χ0) is 20.9. The van der Waals surface area contributed by atoms with Gasteiger partial charge in [-0.05, 0) is 41.5 Å². The quantitative estimate of drug-likeness (QED) is 0.688. The lowest BCUT2D eigenvalue weighted by atomic mass is 9.98. The maximum atomic E-state index is 12.4. The van der Waals surface area contributed by atoms with Gasteiger partial charge in [0, 0.05) is 18.3 Å². The molecule has 2 aromatic rings. The average Bonchev–Trinajstić information content (AvgIpc) is 3.09. The topological polar surface area (TPSA) is 84.9 Å². The Morgan fingerprint density at radius 3 is 2.37 bits per heavy atom. The Balaban J connectivity index is 1.35. The molecule has 1 heterocycles. The first-order valence-corrected chi connectivity index (χ1v) is 11.3. The van der Waals surface area contributed by atoms with Crippen LogP contribution >= 0.6 is 11.8 Å². The molecule has 4 rings (SSSR count). The molecule has 2 aromatic carbocycles. The Labute approximate surface area is 180 Å². The van der Waals surface area contributed by atoms with Crippen LogP contribution in [-0.4, -0.2) is 47.6 Å². The fraction of sp³-hybridized carbons (Fsp3) is 0.391. The average molecular weight is 428 g/mol. The molecule has 1 fully saturated rings. The van der Waals surface area contributed by atoms with Crippen LogP contribution in [0.4, 0.5) is 4.79 Å². The molecule has 0 spiro atoms. The molecule has 30 heavy (non-hydrogen) atoms. The second kappa shape index (κ2) is 9.53. The van der Waals surface area contributed by atoms with Gasteiger partial charge in [0.2, 0.25) is 0 Å². The number of nitrogens with one attached hydrogen (secondary N) is 1. The first kappa shape index (κ1) is 20.8. The van der Waals surface area contributed by atoms with E-state index in [9.17, 15) is 14.7 Å². The van der Waals surface area contributed by atoms with Crippen LogP contribution in [-0.2, 0) is 14.3 Å². The Hall–Kier alpha value is -2.51. The monoisotopic (exact) mass is 427 g/mol. The van der Waals surface area contributed by atoms with Gasteiger partial charge in [-0.25, -0.2) is 9.59 Å². The molecule has 1 saturated heterocycles. The van der Waals surface area contributed by atoms with E-state index in [2.05, 4.69) is 17.4 Å². The van der Waals surface area contributed by atoms with Crippen LogP contribution in [0, 0.1) is 0 Å². The van der Waals surface area contributed by atoms with Crippen molar-refractivity contribution in [3.8, 4) is 11.1 Å². The SMILES string of the molecule is O=C(N[C@@H](CSC1CCCCO1)C(=O)O)OCC1c2ccccc2-c2ccccc21. The van der Waals surface area contributed by atoms with Crippen LogP contribution in [0.1, 0.15) is 36.3 Å². The third-order valence-corrected chi connectivity index (χ3v) is 6.79. The van der Waals surface area contributed by atoms with Crippen LogP contribution in [0.15, 0.2) is 48.5 Å². The summed E-state index contributed by atoms with van der Waals surface area (Å²) in [5.74, 6) is -0.896. The summed E-state index contributed by atoms with van der Waals surface area (Å²) in [6.07, 6.45) is 2.31. The van der Waals surface area contributed by atoms with Crippen molar-refractivity contribution in [2.24, 2.45) is 0 Å². The number of fused-ring (bicyclic) bond motifs is 3. The van der Waals surface area contributed by atoms with Gasteiger partial charge in [-0.2, -0.15) is 0 Å². The first-order valence-electron chi connectivity index (χ1n) is 10.2. The molecule has 0 bridgehead atoms. The van der Waals surface area contributed by atoms with Gasteiger partial charge in [0.05, 0.1) is 0 Å².